The maximum absolute atomic E-state index is 12.3. The quantitative estimate of drug-likeness (QED) is 0.628. The van der Waals surface area contributed by atoms with E-state index in [9.17, 15) is 4.79 Å². The SMILES string of the molecule is C[C@H]1CN(C(=O)OC(C)(C)C)CCCN1c1nccc(C(=N)N)n1. The summed E-state index contributed by atoms with van der Waals surface area (Å²) >= 11 is 0. The first-order valence-corrected chi connectivity index (χ1v) is 8.09. The summed E-state index contributed by atoms with van der Waals surface area (Å²) < 4.78 is 5.47. The van der Waals surface area contributed by atoms with Crippen LogP contribution in [-0.4, -0.2) is 58.1 Å². The van der Waals surface area contributed by atoms with E-state index >= 15 is 0 Å². The number of amides is 1. The third kappa shape index (κ3) is 4.56. The third-order valence-electron chi connectivity index (χ3n) is 3.67. The van der Waals surface area contributed by atoms with Crippen LogP contribution in [0.25, 0.3) is 0 Å². The molecule has 2 heterocycles. The fraction of sp³-hybridized carbons (Fsp3) is 0.625. The maximum atomic E-state index is 12.3. The van der Waals surface area contributed by atoms with E-state index in [0.29, 0.717) is 24.7 Å². The Bertz CT molecular complexity index is 613. The highest BCUT2D eigenvalue weighted by Crippen LogP contribution is 2.18. The van der Waals surface area contributed by atoms with Crippen molar-refractivity contribution in [2.75, 3.05) is 24.5 Å². The summed E-state index contributed by atoms with van der Waals surface area (Å²) in [5.41, 5.74) is 5.40. The molecule has 1 aliphatic heterocycles. The van der Waals surface area contributed by atoms with Gasteiger partial charge in [0.25, 0.3) is 0 Å². The molecule has 1 fully saturated rings. The van der Waals surface area contributed by atoms with E-state index in [0.717, 1.165) is 13.0 Å². The van der Waals surface area contributed by atoms with Gasteiger partial charge < -0.3 is 20.3 Å². The number of hydrogen-bond donors (Lipinski definition) is 2. The molecule has 1 saturated heterocycles. The van der Waals surface area contributed by atoms with Gasteiger partial charge in [-0.1, -0.05) is 0 Å². The Morgan fingerprint density at radius 1 is 1.42 bits per heavy atom. The van der Waals surface area contributed by atoms with E-state index in [1.54, 1.807) is 17.2 Å². The van der Waals surface area contributed by atoms with Crippen molar-refractivity contribution in [3.8, 4) is 0 Å². The number of rotatable bonds is 2. The number of carbonyl (C=O) groups is 1. The van der Waals surface area contributed by atoms with Crippen LogP contribution in [0, 0.1) is 5.41 Å². The van der Waals surface area contributed by atoms with Gasteiger partial charge in [0.2, 0.25) is 5.95 Å². The highest BCUT2D eigenvalue weighted by Gasteiger charge is 2.29. The van der Waals surface area contributed by atoms with E-state index < -0.39 is 5.60 Å². The zero-order chi connectivity index (χ0) is 17.9. The second-order valence-electron chi connectivity index (χ2n) is 6.98. The van der Waals surface area contributed by atoms with Crippen molar-refractivity contribution in [2.45, 2.75) is 45.8 Å². The van der Waals surface area contributed by atoms with Crippen molar-refractivity contribution in [2.24, 2.45) is 5.73 Å². The Morgan fingerprint density at radius 3 is 2.75 bits per heavy atom. The summed E-state index contributed by atoms with van der Waals surface area (Å²) in [4.78, 5) is 24.7. The smallest absolute Gasteiger partial charge is 0.410 e. The monoisotopic (exact) mass is 334 g/mol. The van der Waals surface area contributed by atoms with E-state index in [4.69, 9.17) is 15.9 Å². The number of amidine groups is 1. The summed E-state index contributed by atoms with van der Waals surface area (Å²) in [5, 5.41) is 7.51. The van der Waals surface area contributed by atoms with Gasteiger partial charge in [-0.15, -0.1) is 0 Å². The number of ether oxygens (including phenoxy) is 1. The molecule has 0 radical (unpaired) electrons. The van der Waals surface area contributed by atoms with Crippen molar-refractivity contribution in [1.82, 2.24) is 14.9 Å². The fourth-order valence-corrected chi connectivity index (χ4v) is 2.59. The minimum Gasteiger partial charge on any atom is -0.444 e. The topological polar surface area (TPSA) is 108 Å². The number of nitrogens with zero attached hydrogens (tertiary/aromatic N) is 4. The van der Waals surface area contributed by atoms with Gasteiger partial charge >= 0.3 is 6.09 Å². The highest BCUT2D eigenvalue weighted by atomic mass is 16.6. The molecule has 3 N–H and O–H groups in total. The molecule has 1 aromatic heterocycles. The molecular formula is C16H26N6O2. The second kappa shape index (κ2) is 7.02. The molecule has 0 aliphatic carbocycles. The third-order valence-corrected chi connectivity index (χ3v) is 3.67. The number of carbonyl (C=O) groups excluding carboxylic acids is 1. The Balaban J connectivity index is 2.12. The molecule has 0 unspecified atom stereocenters. The Morgan fingerprint density at radius 2 is 2.12 bits per heavy atom. The average molecular weight is 334 g/mol. The van der Waals surface area contributed by atoms with E-state index in [1.807, 2.05) is 32.6 Å². The first-order valence-electron chi connectivity index (χ1n) is 8.09. The van der Waals surface area contributed by atoms with Crippen molar-refractivity contribution in [1.29, 1.82) is 5.41 Å². The van der Waals surface area contributed by atoms with Gasteiger partial charge in [0, 0.05) is 31.9 Å². The van der Waals surface area contributed by atoms with Crippen LogP contribution in [-0.2, 0) is 4.74 Å². The van der Waals surface area contributed by atoms with Crippen LogP contribution in [0.3, 0.4) is 0 Å². The molecule has 0 bridgehead atoms. The van der Waals surface area contributed by atoms with E-state index in [1.165, 1.54) is 0 Å². The molecule has 8 nitrogen and oxygen atoms in total. The minimum absolute atomic E-state index is 0.0298. The fourth-order valence-electron chi connectivity index (χ4n) is 2.59. The predicted molar refractivity (Wildman–Crippen MR) is 92.3 cm³/mol. The van der Waals surface area contributed by atoms with Crippen LogP contribution in [0.2, 0.25) is 0 Å². The molecule has 132 valence electrons. The van der Waals surface area contributed by atoms with Crippen LogP contribution >= 0.6 is 0 Å². The lowest BCUT2D eigenvalue weighted by Crippen LogP contribution is -2.43. The van der Waals surface area contributed by atoms with Crippen LogP contribution in [0.1, 0.15) is 39.8 Å². The Hall–Kier alpha value is -2.38. The number of nitrogens with two attached hydrogens (primary N) is 1. The number of aromatic nitrogens is 2. The van der Waals surface area contributed by atoms with Crippen LogP contribution in [0.5, 0.6) is 0 Å². The Labute approximate surface area is 142 Å². The van der Waals surface area contributed by atoms with Gasteiger partial charge in [-0.25, -0.2) is 14.8 Å². The molecule has 2 rings (SSSR count). The molecular weight excluding hydrogens is 308 g/mol. The van der Waals surface area contributed by atoms with Gasteiger partial charge in [0.1, 0.15) is 17.1 Å². The average Bonchev–Trinajstić information content (AvgIpc) is 2.67. The van der Waals surface area contributed by atoms with Gasteiger partial charge in [-0.2, -0.15) is 0 Å². The van der Waals surface area contributed by atoms with Gasteiger partial charge in [-0.05, 0) is 40.2 Å². The molecule has 1 aromatic rings. The Kier molecular flexibility index (Phi) is 5.26. The summed E-state index contributed by atoms with van der Waals surface area (Å²) in [6.07, 6.45) is 2.09. The molecule has 1 aliphatic rings. The van der Waals surface area contributed by atoms with Gasteiger partial charge in [0.15, 0.2) is 0 Å². The lowest BCUT2D eigenvalue weighted by atomic mass is 10.2. The number of hydrogen-bond acceptors (Lipinski definition) is 6. The van der Waals surface area contributed by atoms with Gasteiger partial charge in [-0.3, -0.25) is 5.41 Å². The van der Waals surface area contributed by atoms with E-state index in [2.05, 4.69) is 9.97 Å². The summed E-state index contributed by atoms with van der Waals surface area (Å²) in [7, 11) is 0. The first kappa shape index (κ1) is 18.0. The summed E-state index contributed by atoms with van der Waals surface area (Å²) in [6.45, 7) is 9.48. The van der Waals surface area contributed by atoms with Crippen molar-refractivity contribution >= 4 is 17.9 Å². The predicted octanol–water partition coefficient (Wildman–Crippen LogP) is 1.60. The first-order chi connectivity index (χ1) is 11.2. The standard InChI is InChI=1S/C16H26N6O2/c1-11-10-21(15(23)24-16(2,3)4)8-5-9-22(11)14-19-7-6-12(20-14)13(17)18/h6-7,11H,5,8-10H2,1-4H3,(H3,17,18)/t11-/m0/s1. The molecule has 0 saturated carbocycles. The molecule has 1 atom stereocenters. The van der Waals surface area contributed by atoms with Crippen molar-refractivity contribution in [3.63, 3.8) is 0 Å². The molecule has 8 heteroatoms. The largest absolute Gasteiger partial charge is 0.444 e. The van der Waals surface area contributed by atoms with Crippen molar-refractivity contribution in [3.05, 3.63) is 18.0 Å². The van der Waals surface area contributed by atoms with Crippen LogP contribution < -0.4 is 10.6 Å². The van der Waals surface area contributed by atoms with Gasteiger partial charge in [0.05, 0.1) is 0 Å². The van der Waals surface area contributed by atoms with Crippen molar-refractivity contribution < 1.29 is 9.53 Å². The minimum atomic E-state index is -0.509. The molecule has 0 spiro atoms. The second-order valence-corrected chi connectivity index (χ2v) is 6.98. The zero-order valence-corrected chi connectivity index (χ0v) is 14.7. The maximum Gasteiger partial charge on any atom is 0.410 e. The zero-order valence-electron chi connectivity index (χ0n) is 14.7. The molecule has 24 heavy (non-hydrogen) atoms. The number of nitrogens with one attached hydrogen (secondary N) is 1. The summed E-state index contributed by atoms with van der Waals surface area (Å²) in [5.74, 6) is 0.442. The molecule has 0 aromatic carbocycles. The number of anilines is 1. The lowest BCUT2D eigenvalue weighted by molar-refractivity contribution is 0.0251. The van der Waals surface area contributed by atoms with Crippen LogP contribution in [0.15, 0.2) is 12.3 Å². The van der Waals surface area contributed by atoms with E-state index in [-0.39, 0.29) is 18.0 Å². The number of nitrogen functional groups attached to an aromatic ring is 1. The summed E-state index contributed by atoms with van der Waals surface area (Å²) in [6, 6.07) is 1.64. The molecule has 1 amide bonds. The highest BCUT2D eigenvalue weighted by molar-refractivity contribution is 5.93. The lowest BCUT2D eigenvalue weighted by Gasteiger charge is -2.30. The normalized spacial score (nSPS) is 18.9. The van der Waals surface area contributed by atoms with Crippen LogP contribution in [0.4, 0.5) is 10.7 Å².